The minimum Gasteiger partial charge on any atom is -0.375 e. The number of likely N-dealkylation sites (tertiary alicyclic amines) is 1. The van der Waals surface area contributed by atoms with E-state index >= 15 is 0 Å². The summed E-state index contributed by atoms with van der Waals surface area (Å²) in [5, 5.41) is 3.19. The lowest BCUT2D eigenvalue weighted by Crippen LogP contribution is -2.47. The first-order valence-electron chi connectivity index (χ1n) is 9.41. The monoisotopic (exact) mass is 323 g/mol. The van der Waals surface area contributed by atoms with Crippen molar-refractivity contribution >= 4 is 5.91 Å². The minimum absolute atomic E-state index is 0.0554. The molecule has 2 saturated heterocycles. The number of rotatable bonds is 7. The number of carbonyl (C=O) groups is 1. The van der Waals surface area contributed by atoms with E-state index in [0.29, 0.717) is 17.9 Å². The molecule has 0 unspecified atom stereocenters. The molecule has 23 heavy (non-hydrogen) atoms. The molecule has 0 bridgehead atoms. The molecule has 1 N–H and O–H groups in total. The van der Waals surface area contributed by atoms with Gasteiger partial charge in [-0.3, -0.25) is 9.69 Å². The zero-order valence-electron chi connectivity index (χ0n) is 14.9. The molecule has 5 heteroatoms. The molecular weight excluding hydrogens is 290 g/mol. The third-order valence-electron chi connectivity index (χ3n) is 5.69. The second-order valence-corrected chi connectivity index (χ2v) is 8.05. The van der Waals surface area contributed by atoms with E-state index in [1.54, 1.807) is 0 Å². The Hall–Kier alpha value is -0.650. The summed E-state index contributed by atoms with van der Waals surface area (Å²) in [6, 6.07) is 0.527. The number of hydrogen-bond acceptors (Lipinski definition) is 4. The fraction of sp³-hybridized carbons (Fsp3) is 0.944. The van der Waals surface area contributed by atoms with Gasteiger partial charge in [-0.15, -0.1) is 0 Å². The molecule has 1 atom stereocenters. The van der Waals surface area contributed by atoms with Gasteiger partial charge in [-0.1, -0.05) is 0 Å². The standard InChI is InChI=1S/C18H33N3O2/c1-15(2)21-9-10-23-16(12-21)11-17(22)19-13-18(5-6-18)14-20-7-3-4-8-20/h15-16H,3-14H2,1-2H3,(H,19,22)/t16-/m0/s1. The van der Waals surface area contributed by atoms with Gasteiger partial charge in [0.05, 0.1) is 19.1 Å². The van der Waals surface area contributed by atoms with E-state index in [9.17, 15) is 4.79 Å². The number of hydrogen-bond donors (Lipinski definition) is 1. The van der Waals surface area contributed by atoms with Crippen LogP contribution >= 0.6 is 0 Å². The SMILES string of the molecule is CC(C)N1CCO[C@@H](CC(=O)NCC2(CN3CCCC3)CC2)C1. The highest BCUT2D eigenvalue weighted by Gasteiger charge is 2.44. The number of nitrogens with one attached hydrogen (secondary N) is 1. The van der Waals surface area contributed by atoms with Crippen molar-refractivity contribution in [3.63, 3.8) is 0 Å². The van der Waals surface area contributed by atoms with Crippen LogP contribution in [0.2, 0.25) is 0 Å². The summed E-state index contributed by atoms with van der Waals surface area (Å²) in [7, 11) is 0. The van der Waals surface area contributed by atoms with E-state index in [-0.39, 0.29) is 12.0 Å². The molecule has 1 amide bonds. The molecule has 0 aromatic rings. The number of morpholine rings is 1. The van der Waals surface area contributed by atoms with Crippen LogP contribution < -0.4 is 5.32 Å². The number of carbonyl (C=O) groups excluding carboxylic acids is 1. The molecule has 3 fully saturated rings. The highest BCUT2D eigenvalue weighted by atomic mass is 16.5. The lowest BCUT2D eigenvalue weighted by atomic mass is 10.1. The third kappa shape index (κ3) is 4.91. The van der Waals surface area contributed by atoms with Crippen LogP contribution in [-0.2, 0) is 9.53 Å². The summed E-state index contributed by atoms with van der Waals surface area (Å²) in [4.78, 5) is 17.2. The highest BCUT2D eigenvalue weighted by molar-refractivity contribution is 5.76. The Balaban J connectivity index is 1.37. The van der Waals surface area contributed by atoms with Crippen molar-refractivity contribution in [2.24, 2.45) is 5.41 Å². The maximum Gasteiger partial charge on any atom is 0.222 e. The molecule has 2 heterocycles. The van der Waals surface area contributed by atoms with E-state index in [1.807, 2.05) is 0 Å². The number of ether oxygens (including phenoxy) is 1. The van der Waals surface area contributed by atoms with Crippen LogP contribution in [0.15, 0.2) is 0 Å². The molecular formula is C18H33N3O2. The van der Waals surface area contributed by atoms with Crippen LogP contribution in [0.1, 0.15) is 46.0 Å². The summed E-state index contributed by atoms with van der Waals surface area (Å²) in [5.41, 5.74) is 0.372. The molecule has 0 spiro atoms. The fourth-order valence-electron chi connectivity index (χ4n) is 3.88. The maximum absolute atomic E-state index is 12.3. The maximum atomic E-state index is 12.3. The van der Waals surface area contributed by atoms with Gasteiger partial charge in [-0.25, -0.2) is 0 Å². The van der Waals surface area contributed by atoms with Crippen LogP contribution in [0.4, 0.5) is 0 Å². The first-order valence-corrected chi connectivity index (χ1v) is 9.41. The van der Waals surface area contributed by atoms with Gasteiger partial charge >= 0.3 is 0 Å². The minimum atomic E-state index is 0.0554. The number of nitrogens with zero attached hydrogens (tertiary/aromatic N) is 2. The average molecular weight is 323 g/mol. The highest BCUT2D eigenvalue weighted by Crippen LogP contribution is 2.46. The van der Waals surface area contributed by atoms with Gasteiger partial charge < -0.3 is 15.0 Å². The van der Waals surface area contributed by atoms with Crippen LogP contribution in [-0.4, -0.2) is 73.7 Å². The van der Waals surface area contributed by atoms with Gasteiger partial charge in [-0.05, 0) is 52.6 Å². The first kappa shape index (κ1) is 17.2. The van der Waals surface area contributed by atoms with Gasteiger partial charge in [0.25, 0.3) is 0 Å². The molecule has 0 aromatic carbocycles. The quantitative estimate of drug-likeness (QED) is 0.771. The largest absolute Gasteiger partial charge is 0.375 e. The second kappa shape index (κ2) is 7.49. The Morgan fingerprint density at radius 1 is 1.26 bits per heavy atom. The Morgan fingerprint density at radius 3 is 2.65 bits per heavy atom. The molecule has 1 saturated carbocycles. The van der Waals surface area contributed by atoms with Gasteiger partial charge in [0.1, 0.15) is 0 Å². The van der Waals surface area contributed by atoms with Crippen molar-refractivity contribution in [2.45, 2.75) is 58.1 Å². The van der Waals surface area contributed by atoms with Crippen molar-refractivity contribution in [1.82, 2.24) is 15.1 Å². The summed E-state index contributed by atoms with van der Waals surface area (Å²) < 4.78 is 5.77. The Labute approximate surface area is 140 Å². The van der Waals surface area contributed by atoms with Crippen molar-refractivity contribution in [1.29, 1.82) is 0 Å². The summed E-state index contributed by atoms with van der Waals surface area (Å²) in [6.45, 7) is 11.5. The third-order valence-corrected chi connectivity index (χ3v) is 5.69. The predicted molar refractivity (Wildman–Crippen MR) is 91.4 cm³/mol. The smallest absolute Gasteiger partial charge is 0.222 e. The topological polar surface area (TPSA) is 44.8 Å². The molecule has 5 nitrogen and oxygen atoms in total. The van der Waals surface area contributed by atoms with Gasteiger partial charge in [0.15, 0.2) is 0 Å². The summed E-state index contributed by atoms with van der Waals surface area (Å²) >= 11 is 0. The van der Waals surface area contributed by atoms with Crippen molar-refractivity contribution in [2.75, 3.05) is 45.9 Å². The molecule has 1 aliphatic carbocycles. The van der Waals surface area contributed by atoms with E-state index < -0.39 is 0 Å². The summed E-state index contributed by atoms with van der Waals surface area (Å²) in [6.07, 6.45) is 5.78. The molecule has 0 aromatic heterocycles. The predicted octanol–water partition coefficient (Wildman–Crippen LogP) is 1.48. The Morgan fingerprint density at radius 2 is 2.00 bits per heavy atom. The lowest BCUT2D eigenvalue weighted by Gasteiger charge is -2.35. The molecule has 0 radical (unpaired) electrons. The average Bonchev–Trinajstić information content (AvgIpc) is 3.10. The van der Waals surface area contributed by atoms with Gasteiger partial charge in [0.2, 0.25) is 5.91 Å². The van der Waals surface area contributed by atoms with Crippen LogP contribution in [0.25, 0.3) is 0 Å². The van der Waals surface area contributed by atoms with Gasteiger partial charge in [-0.2, -0.15) is 0 Å². The van der Waals surface area contributed by atoms with Gasteiger partial charge in [0, 0.05) is 37.6 Å². The van der Waals surface area contributed by atoms with E-state index in [0.717, 1.165) is 26.2 Å². The summed E-state index contributed by atoms with van der Waals surface area (Å²) in [5.74, 6) is 0.160. The normalized spacial score (nSPS) is 28.2. The van der Waals surface area contributed by atoms with Crippen molar-refractivity contribution < 1.29 is 9.53 Å². The Bertz CT molecular complexity index is 403. The van der Waals surface area contributed by atoms with E-state index in [2.05, 4.69) is 29.0 Å². The second-order valence-electron chi connectivity index (χ2n) is 8.05. The van der Waals surface area contributed by atoms with Crippen molar-refractivity contribution in [3.05, 3.63) is 0 Å². The van der Waals surface area contributed by atoms with E-state index in [4.69, 9.17) is 4.74 Å². The lowest BCUT2D eigenvalue weighted by molar-refractivity contribution is -0.126. The molecule has 2 aliphatic heterocycles. The van der Waals surface area contributed by atoms with Crippen LogP contribution in [0, 0.1) is 5.41 Å². The van der Waals surface area contributed by atoms with Crippen LogP contribution in [0.5, 0.6) is 0 Å². The Kier molecular flexibility index (Phi) is 5.60. The molecule has 3 aliphatic rings. The molecule has 3 rings (SSSR count). The molecule has 132 valence electrons. The first-order chi connectivity index (χ1) is 11.1. The fourth-order valence-corrected chi connectivity index (χ4v) is 3.88. The van der Waals surface area contributed by atoms with Crippen molar-refractivity contribution in [3.8, 4) is 0 Å². The zero-order chi connectivity index (χ0) is 16.3. The van der Waals surface area contributed by atoms with E-state index in [1.165, 1.54) is 45.3 Å². The number of amides is 1. The zero-order valence-corrected chi connectivity index (χ0v) is 14.9. The van der Waals surface area contributed by atoms with Crippen LogP contribution in [0.3, 0.4) is 0 Å².